The van der Waals surface area contributed by atoms with Crippen LogP contribution < -0.4 is 4.72 Å². The fraction of sp³-hybridized carbons (Fsp3) is 0.600. The third-order valence-electron chi connectivity index (χ3n) is 3.08. The standard InChI is InChI=1S/C15H25NO4S/c1-4-20-15(2,3)12-16-21(18,19)14-9-7-13(8-10-14)6-5-11-17/h7-10,16-17H,4-6,11-12H2,1-3H3. The van der Waals surface area contributed by atoms with Gasteiger partial charge in [0.05, 0.1) is 10.5 Å². The Morgan fingerprint density at radius 1 is 1.24 bits per heavy atom. The van der Waals surface area contributed by atoms with Crippen molar-refractivity contribution in [2.75, 3.05) is 19.8 Å². The van der Waals surface area contributed by atoms with Gasteiger partial charge in [0.2, 0.25) is 10.0 Å². The molecule has 5 nitrogen and oxygen atoms in total. The van der Waals surface area contributed by atoms with Gasteiger partial charge in [0.1, 0.15) is 0 Å². The minimum absolute atomic E-state index is 0.133. The highest BCUT2D eigenvalue weighted by atomic mass is 32.2. The molecule has 0 heterocycles. The van der Waals surface area contributed by atoms with Crippen molar-refractivity contribution in [3.8, 4) is 0 Å². The van der Waals surface area contributed by atoms with Gasteiger partial charge in [-0.15, -0.1) is 0 Å². The van der Waals surface area contributed by atoms with Gasteiger partial charge in [-0.1, -0.05) is 12.1 Å². The predicted octanol–water partition coefficient (Wildman–Crippen LogP) is 1.70. The summed E-state index contributed by atoms with van der Waals surface area (Å²) in [5.41, 5.74) is 0.473. The summed E-state index contributed by atoms with van der Waals surface area (Å²) in [6.07, 6.45) is 1.41. The second-order valence-corrected chi connectivity index (χ2v) is 7.26. The van der Waals surface area contributed by atoms with Crippen LogP contribution in [-0.2, 0) is 21.2 Å². The molecule has 120 valence electrons. The van der Waals surface area contributed by atoms with E-state index in [-0.39, 0.29) is 18.0 Å². The minimum atomic E-state index is -3.53. The first-order chi connectivity index (χ1) is 9.80. The first-order valence-electron chi connectivity index (χ1n) is 7.14. The van der Waals surface area contributed by atoms with Gasteiger partial charge < -0.3 is 9.84 Å². The molecule has 0 aliphatic heterocycles. The maximum atomic E-state index is 12.2. The monoisotopic (exact) mass is 315 g/mol. The summed E-state index contributed by atoms with van der Waals surface area (Å²) in [7, 11) is -3.53. The van der Waals surface area contributed by atoms with Crippen molar-refractivity contribution in [2.24, 2.45) is 0 Å². The van der Waals surface area contributed by atoms with E-state index in [4.69, 9.17) is 9.84 Å². The van der Waals surface area contributed by atoms with E-state index >= 15 is 0 Å². The lowest BCUT2D eigenvalue weighted by Crippen LogP contribution is -2.40. The third kappa shape index (κ3) is 6.13. The van der Waals surface area contributed by atoms with E-state index in [9.17, 15) is 8.42 Å². The molecule has 0 fully saturated rings. The summed E-state index contributed by atoms with van der Waals surface area (Å²) in [6, 6.07) is 6.72. The summed E-state index contributed by atoms with van der Waals surface area (Å²) in [6.45, 7) is 6.45. The second kappa shape index (κ2) is 7.89. The number of hydrogen-bond donors (Lipinski definition) is 2. The Labute approximate surface area is 127 Å². The van der Waals surface area contributed by atoms with Gasteiger partial charge in [0, 0.05) is 19.8 Å². The molecule has 0 unspecified atom stereocenters. The van der Waals surface area contributed by atoms with E-state index in [0.29, 0.717) is 13.0 Å². The highest BCUT2D eigenvalue weighted by Gasteiger charge is 2.22. The molecular formula is C15H25NO4S. The van der Waals surface area contributed by atoms with Crippen molar-refractivity contribution in [1.82, 2.24) is 4.72 Å². The zero-order chi connectivity index (χ0) is 15.9. The molecule has 0 aliphatic carbocycles. The number of sulfonamides is 1. The lowest BCUT2D eigenvalue weighted by atomic mass is 10.1. The van der Waals surface area contributed by atoms with Crippen LogP contribution in [0.3, 0.4) is 0 Å². The van der Waals surface area contributed by atoms with Gasteiger partial charge in [0.15, 0.2) is 0 Å². The molecular weight excluding hydrogens is 290 g/mol. The Morgan fingerprint density at radius 3 is 2.38 bits per heavy atom. The van der Waals surface area contributed by atoms with Crippen molar-refractivity contribution >= 4 is 10.0 Å². The highest BCUT2D eigenvalue weighted by Crippen LogP contribution is 2.14. The maximum Gasteiger partial charge on any atom is 0.240 e. The largest absolute Gasteiger partial charge is 0.396 e. The summed E-state index contributed by atoms with van der Waals surface area (Å²) >= 11 is 0. The SMILES string of the molecule is CCOC(C)(C)CNS(=O)(=O)c1ccc(CCCO)cc1. The fourth-order valence-electron chi connectivity index (χ4n) is 1.91. The van der Waals surface area contributed by atoms with E-state index in [1.165, 1.54) is 0 Å². The average Bonchev–Trinajstić information content (AvgIpc) is 2.44. The molecule has 1 rings (SSSR count). The molecule has 0 amide bonds. The number of ether oxygens (including phenoxy) is 1. The lowest BCUT2D eigenvalue weighted by molar-refractivity contribution is -0.00515. The molecule has 0 bridgehead atoms. The van der Waals surface area contributed by atoms with E-state index in [0.717, 1.165) is 12.0 Å². The molecule has 0 aliphatic rings. The van der Waals surface area contributed by atoms with Crippen molar-refractivity contribution in [3.05, 3.63) is 29.8 Å². The van der Waals surface area contributed by atoms with Crippen LogP contribution in [0.25, 0.3) is 0 Å². The zero-order valence-corrected chi connectivity index (χ0v) is 13.7. The molecule has 6 heteroatoms. The van der Waals surface area contributed by atoms with Crippen molar-refractivity contribution in [1.29, 1.82) is 0 Å². The van der Waals surface area contributed by atoms with E-state index < -0.39 is 15.6 Å². The molecule has 2 N–H and O–H groups in total. The highest BCUT2D eigenvalue weighted by molar-refractivity contribution is 7.89. The Balaban J connectivity index is 2.70. The van der Waals surface area contributed by atoms with Crippen molar-refractivity contribution < 1.29 is 18.3 Å². The fourth-order valence-corrected chi connectivity index (χ4v) is 3.11. The first-order valence-corrected chi connectivity index (χ1v) is 8.62. The number of aliphatic hydroxyl groups is 1. The van der Waals surface area contributed by atoms with Crippen LogP contribution in [0.15, 0.2) is 29.2 Å². The molecule has 21 heavy (non-hydrogen) atoms. The zero-order valence-electron chi connectivity index (χ0n) is 12.9. The minimum Gasteiger partial charge on any atom is -0.396 e. The van der Waals surface area contributed by atoms with Crippen LogP contribution in [-0.4, -0.2) is 38.9 Å². The Kier molecular flexibility index (Phi) is 6.80. The van der Waals surface area contributed by atoms with E-state index in [1.807, 2.05) is 20.8 Å². The van der Waals surface area contributed by atoms with E-state index in [1.54, 1.807) is 24.3 Å². The number of aliphatic hydroxyl groups excluding tert-OH is 1. The lowest BCUT2D eigenvalue weighted by Gasteiger charge is -2.24. The number of hydrogen-bond acceptors (Lipinski definition) is 4. The van der Waals surface area contributed by atoms with Gasteiger partial charge in [-0.2, -0.15) is 0 Å². The van der Waals surface area contributed by atoms with E-state index in [2.05, 4.69) is 4.72 Å². The van der Waals surface area contributed by atoms with Crippen LogP contribution in [0, 0.1) is 0 Å². The Morgan fingerprint density at radius 2 is 1.86 bits per heavy atom. The second-order valence-electron chi connectivity index (χ2n) is 5.49. The molecule has 0 saturated carbocycles. The van der Waals surface area contributed by atoms with Crippen LogP contribution in [0.2, 0.25) is 0 Å². The number of nitrogens with one attached hydrogen (secondary N) is 1. The normalized spacial score (nSPS) is 12.6. The molecule has 0 radical (unpaired) electrons. The number of benzene rings is 1. The summed E-state index contributed by atoms with van der Waals surface area (Å²) in [5, 5.41) is 8.78. The first kappa shape index (κ1) is 18.1. The summed E-state index contributed by atoms with van der Waals surface area (Å²) in [5.74, 6) is 0. The topological polar surface area (TPSA) is 75.6 Å². The number of rotatable bonds is 9. The molecule has 0 spiro atoms. The molecule has 1 aromatic rings. The van der Waals surface area contributed by atoms with Crippen molar-refractivity contribution in [2.45, 2.75) is 44.1 Å². The summed E-state index contributed by atoms with van der Waals surface area (Å²) in [4.78, 5) is 0.238. The van der Waals surface area contributed by atoms with Crippen LogP contribution in [0.5, 0.6) is 0 Å². The molecule has 0 saturated heterocycles. The van der Waals surface area contributed by atoms with Crippen LogP contribution in [0.4, 0.5) is 0 Å². The number of aryl methyl sites for hydroxylation is 1. The third-order valence-corrected chi connectivity index (χ3v) is 4.50. The van der Waals surface area contributed by atoms with Crippen LogP contribution in [0.1, 0.15) is 32.8 Å². The van der Waals surface area contributed by atoms with Crippen molar-refractivity contribution in [3.63, 3.8) is 0 Å². The Bertz CT molecular complexity index is 523. The Hall–Kier alpha value is -0.950. The van der Waals surface area contributed by atoms with Gasteiger partial charge >= 0.3 is 0 Å². The van der Waals surface area contributed by atoms with Gasteiger partial charge in [0.25, 0.3) is 0 Å². The average molecular weight is 315 g/mol. The molecule has 1 aromatic carbocycles. The quantitative estimate of drug-likeness (QED) is 0.727. The van der Waals surface area contributed by atoms with Crippen LogP contribution >= 0.6 is 0 Å². The predicted molar refractivity (Wildman–Crippen MR) is 82.7 cm³/mol. The van der Waals surface area contributed by atoms with Gasteiger partial charge in [-0.3, -0.25) is 0 Å². The molecule has 0 atom stereocenters. The summed E-state index contributed by atoms with van der Waals surface area (Å²) < 4.78 is 32.4. The van der Waals surface area contributed by atoms with Gasteiger partial charge in [-0.05, 0) is 51.3 Å². The smallest absolute Gasteiger partial charge is 0.240 e. The maximum absolute atomic E-state index is 12.2. The van der Waals surface area contributed by atoms with Gasteiger partial charge in [-0.25, -0.2) is 13.1 Å². The molecule has 0 aromatic heterocycles.